The number of aromatic nitrogens is 5. The van der Waals surface area contributed by atoms with Crippen molar-refractivity contribution in [1.29, 1.82) is 0 Å². The van der Waals surface area contributed by atoms with E-state index in [0.29, 0.717) is 6.07 Å². The third-order valence-corrected chi connectivity index (χ3v) is 6.07. The Morgan fingerprint density at radius 2 is 1.47 bits per heavy atom. The third kappa shape index (κ3) is 3.47. The number of pyridine rings is 1. The van der Waals surface area contributed by atoms with Crippen LogP contribution in [0.25, 0.3) is 33.5 Å². The van der Waals surface area contributed by atoms with Crippen LogP contribution in [-0.4, -0.2) is 38.8 Å². The van der Waals surface area contributed by atoms with Crippen molar-refractivity contribution in [3.8, 4) is 11.4 Å². The Kier molecular flexibility index (Phi) is 4.59. The molecular formula is C18H13F6N5O2S. The minimum atomic E-state index is -4.78. The second-order valence-corrected chi connectivity index (χ2v) is 9.14. The molecule has 1 aromatic carbocycles. The van der Waals surface area contributed by atoms with E-state index in [0.717, 1.165) is 30.1 Å². The predicted octanol–water partition coefficient (Wildman–Crippen LogP) is 3.96. The van der Waals surface area contributed by atoms with Gasteiger partial charge in [0.25, 0.3) is 0 Å². The quantitative estimate of drug-likeness (QED) is 0.408. The second-order valence-electron chi connectivity index (χ2n) is 7.15. The fourth-order valence-corrected chi connectivity index (χ4v) is 4.31. The molecule has 0 radical (unpaired) electrons. The lowest BCUT2D eigenvalue weighted by Crippen LogP contribution is -2.12. The van der Waals surface area contributed by atoms with Crippen LogP contribution in [-0.2, 0) is 36.3 Å². The van der Waals surface area contributed by atoms with Crippen LogP contribution in [0.4, 0.5) is 26.3 Å². The monoisotopic (exact) mass is 477 g/mol. The van der Waals surface area contributed by atoms with Gasteiger partial charge in [-0.3, -0.25) is 0 Å². The normalized spacial score (nSPS) is 13.4. The zero-order valence-electron chi connectivity index (χ0n) is 16.5. The second kappa shape index (κ2) is 6.67. The Balaban J connectivity index is 2.06. The van der Waals surface area contributed by atoms with Crippen LogP contribution in [0.3, 0.4) is 0 Å². The molecule has 0 saturated heterocycles. The van der Waals surface area contributed by atoms with Gasteiger partial charge in [-0.05, 0) is 18.2 Å². The lowest BCUT2D eigenvalue weighted by Gasteiger charge is -2.10. The van der Waals surface area contributed by atoms with E-state index in [1.54, 1.807) is 0 Å². The third-order valence-electron chi connectivity index (χ3n) is 4.93. The zero-order chi connectivity index (χ0) is 23.8. The fourth-order valence-electron chi connectivity index (χ4n) is 3.44. The molecule has 0 unspecified atom stereocenters. The van der Waals surface area contributed by atoms with E-state index in [9.17, 15) is 34.8 Å². The van der Waals surface area contributed by atoms with E-state index in [1.165, 1.54) is 17.7 Å². The summed E-state index contributed by atoms with van der Waals surface area (Å²) >= 11 is 0. The number of alkyl halides is 6. The van der Waals surface area contributed by atoms with Gasteiger partial charge in [-0.25, -0.2) is 23.4 Å². The number of fused-ring (bicyclic) bond motifs is 2. The summed E-state index contributed by atoms with van der Waals surface area (Å²) in [5.41, 5.74) is -1.43. The summed E-state index contributed by atoms with van der Waals surface area (Å²) in [5, 5.41) is 0. The fraction of sp³-hybridized carbons (Fsp3) is 0.278. The van der Waals surface area contributed by atoms with E-state index >= 15 is 0 Å². The molecule has 0 aliphatic rings. The average Bonchev–Trinajstić information content (AvgIpc) is 3.16. The number of halogens is 6. The molecule has 0 N–H and O–H groups in total. The van der Waals surface area contributed by atoms with Crippen molar-refractivity contribution in [3.63, 3.8) is 0 Å². The molecule has 3 aromatic heterocycles. The molecule has 32 heavy (non-hydrogen) atoms. The van der Waals surface area contributed by atoms with Crippen LogP contribution in [0.1, 0.15) is 11.5 Å². The summed E-state index contributed by atoms with van der Waals surface area (Å²) in [4.78, 5) is 10.6. The summed E-state index contributed by atoms with van der Waals surface area (Å²) in [6, 6.07) is 2.88. The van der Waals surface area contributed by atoms with Crippen LogP contribution in [0.2, 0.25) is 0 Å². The van der Waals surface area contributed by atoms with Gasteiger partial charge in [0.1, 0.15) is 11.5 Å². The molecule has 0 amide bonds. The van der Waals surface area contributed by atoms with Crippen LogP contribution in [0.5, 0.6) is 0 Å². The van der Waals surface area contributed by atoms with Gasteiger partial charge in [0.05, 0.1) is 33.2 Å². The lowest BCUT2D eigenvalue weighted by molar-refractivity contribution is -0.146. The van der Waals surface area contributed by atoms with Gasteiger partial charge in [-0.15, -0.1) is 0 Å². The summed E-state index contributed by atoms with van der Waals surface area (Å²) in [6.07, 6.45) is -7.70. The van der Waals surface area contributed by atoms with Gasteiger partial charge in [-0.2, -0.15) is 26.3 Å². The molecule has 0 fully saturated rings. The molecule has 4 aromatic rings. The van der Waals surface area contributed by atoms with Crippen molar-refractivity contribution >= 4 is 31.9 Å². The molecule has 7 nitrogen and oxygen atoms in total. The molecule has 0 bridgehead atoms. The molecule has 0 atom stereocenters. The predicted molar refractivity (Wildman–Crippen MR) is 101 cm³/mol. The van der Waals surface area contributed by atoms with E-state index < -0.39 is 33.7 Å². The molecule has 3 heterocycles. The van der Waals surface area contributed by atoms with E-state index in [1.807, 2.05) is 0 Å². The van der Waals surface area contributed by atoms with E-state index in [4.69, 9.17) is 0 Å². The maximum atomic E-state index is 13.3. The Bertz CT molecular complexity index is 1500. The largest absolute Gasteiger partial charge is 0.449 e. The molecular weight excluding hydrogens is 464 g/mol. The minimum Gasteiger partial charge on any atom is -0.326 e. The first-order valence-electron chi connectivity index (χ1n) is 8.77. The average molecular weight is 477 g/mol. The SMILES string of the molecule is Cn1c(-c2cc3c(cc2S(C)(=O)=O)nc(C(F)(F)F)n3C)nc2cc(C(F)(F)F)ncc21. The van der Waals surface area contributed by atoms with E-state index in [2.05, 4.69) is 15.0 Å². The number of nitrogens with zero attached hydrogens (tertiary/aromatic N) is 5. The first kappa shape index (κ1) is 22.0. The van der Waals surface area contributed by atoms with Crippen molar-refractivity contribution in [3.05, 3.63) is 35.9 Å². The van der Waals surface area contributed by atoms with Crippen LogP contribution < -0.4 is 0 Å². The Morgan fingerprint density at radius 1 is 0.844 bits per heavy atom. The summed E-state index contributed by atoms with van der Waals surface area (Å²) in [7, 11) is -1.42. The van der Waals surface area contributed by atoms with Gasteiger partial charge in [0.15, 0.2) is 9.84 Å². The van der Waals surface area contributed by atoms with Crippen molar-refractivity contribution in [2.45, 2.75) is 17.2 Å². The van der Waals surface area contributed by atoms with Gasteiger partial charge < -0.3 is 9.13 Å². The zero-order valence-corrected chi connectivity index (χ0v) is 17.4. The number of imidazole rings is 2. The molecule has 0 aliphatic carbocycles. The smallest absolute Gasteiger partial charge is 0.326 e. The molecule has 170 valence electrons. The molecule has 0 spiro atoms. The van der Waals surface area contributed by atoms with Crippen molar-refractivity contribution in [2.24, 2.45) is 14.1 Å². The highest BCUT2D eigenvalue weighted by Crippen LogP contribution is 2.37. The van der Waals surface area contributed by atoms with Gasteiger partial charge in [0.2, 0.25) is 5.82 Å². The van der Waals surface area contributed by atoms with Gasteiger partial charge >= 0.3 is 12.4 Å². The maximum absolute atomic E-state index is 13.3. The van der Waals surface area contributed by atoms with Crippen molar-refractivity contribution < 1.29 is 34.8 Å². The highest BCUT2D eigenvalue weighted by atomic mass is 32.2. The summed E-state index contributed by atoms with van der Waals surface area (Å²) < 4.78 is 106. The number of aryl methyl sites for hydroxylation is 2. The Labute approximate surface area is 176 Å². The number of benzene rings is 1. The van der Waals surface area contributed by atoms with Crippen molar-refractivity contribution in [1.82, 2.24) is 24.1 Å². The van der Waals surface area contributed by atoms with Crippen molar-refractivity contribution in [2.75, 3.05) is 6.26 Å². The first-order valence-corrected chi connectivity index (χ1v) is 10.7. The summed E-state index contributed by atoms with van der Waals surface area (Å²) in [6.45, 7) is 0. The Hall–Kier alpha value is -3.16. The van der Waals surface area contributed by atoms with Crippen LogP contribution in [0.15, 0.2) is 29.3 Å². The maximum Gasteiger partial charge on any atom is 0.449 e. The molecule has 14 heteroatoms. The van der Waals surface area contributed by atoms with Crippen LogP contribution in [0, 0.1) is 0 Å². The summed E-state index contributed by atoms with van der Waals surface area (Å²) in [5.74, 6) is -1.29. The molecule has 0 aliphatic heterocycles. The van der Waals surface area contributed by atoms with Crippen LogP contribution >= 0.6 is 0 Å². The minimum absolute atomic E-state index is 0.0270. The van der Waals surface area contributed by atoms with E-state index in [-0.39, 0.29) is 38.4 Å². The van der Waals surface area contributed by atoms with Gasteiger partial charge in [0, 0.05) is 25.9 Å². The highest BCUT2D eigenvalue weighted by molar-refractivity contribution is 7.90. The standard InChI is InChI=1S/C18H13F6N5O2S/c1-28-12-7-25-14(17(19,20)21)6-10(12)26-15(28)8-4-11-9(5-13(8)32(3,30)31)27-16(29(11)2)18(22,23)24/h4-7H,1-3H3. The number of hydrogen-bond donors (Lipinski definition) is 0. The number of rotatable bonds is 2. The molecule has 4 rings (SSSR count). The van der Waals surface area contributed by atoms with Gasteiger partial charge in [-0.1, -0.05) is 0 Å². The first-order chi connectivity index (χ1) is 14.6. The topological polar surface area (TPSA) is 82.7 Å². The lowest BCUT2D eigenvalue weighted by atomic mass is 10.2. The number of hydrogen-bond acceptors (Lipinski definition) is 5. The number of sulfone groups is 1. The molecule has 0 saturated carbocycles. The highest BCUT2D eigenvalue weighted by Gasteiger charge is 2.37. The Morgan fingerprint density at radius 3 is 2.03 bits per heavy atom.